The molecule has 0 radical (unpaired) electrons. The Morgan fingerprint density at radius 3 is 2.79 bits per heavy atom. The Morgan fingerprint density at radius 2 is 2.04 bits per heavy atom. The summed E-state index contributed by atoms with van der Waals surface area (Å²) >= 11 is 0. The molecular weight excluding hydrogens is 318 g/mol. The summed E-state index contributed by atoms with van der Waals surface area (Å²) in [6.07, 6.45) is -0.369. The van der Waals surface area contributed by atoms with Crippen molar-refractivity contribution in [3.8, 4) is 0 Å². The minimum atomic E-state index is -0.656. The number of nitrogens with zero attached hydrogens (tertiary/aromatic N) is 2. The van der Waals surface area contributed by atoms with Crippen molar-refractivity contribution in [2.75, 3.05) is 6.54 Å². The molecule has 0 aromatic heterocycles. The Morgan fingerprint density at radius 1 is 1.25 bits per heavy atom. The lowest BCUT2D eigenvalue weighted by atomic mass is 10.0. The summed E-state index contributed by atoms with van der Waals surface area (Å²) in [5.41, 5.74) is 0.845. The minimum absolute atomic E-state index is 0.0271. The number of aliphatic hydroxyl groups is 1. The van der Waals surface area contributed by atoms with Crippen LogP contribution < -0.4 is 0 Å². The van der Waals surface area contributed by atoms with E-state index in [9.17, 15) is 24.0 Å². The lowest BCUT2D eigenvalue weighted by Crippen LogP contribution is -2.25. The van der Waals surface area contributed by atoms with Crippen LogP contribution in [0.1, 0.15) is 23.6 Å². The molecule has 126 valence electrons. The number of nitro groups is 1. The third kappa shape index (κ3) is 3.42. The zero-order valence-electron chi connectivity index (χ0n) is 12.7. The van der Waals surface area contributed by atoms with Crippen LogP contribution in [0.4, 0.5) is 14.5 Å². The molecule has 0 bridgehead atoms. The number of aliphatic hydroxyl groups excluding tert-OH is 1. The predicted octanol–water partition coefficient (Wildman–Crippen LogP) is 3.18. The molecule has 0 amide bonds. The van der Waals surface area contributed by atoms with Crippen LogP contribution in [0.2, 0.25) is 0 Å². The van der Waals surface area contributed by atoms with Crippen LogP contribution in [0.5, 0.6) is 0 Å². The smallest absolute Gasteiger partial charge is 0.269 e. The van der Waals surface area contributed by atoms with E-state index >= 15 is 0 Å². The summed E-state index contributed by atoms with van der Waals surface area (Å²) in [6, 6.07) is 8.94. The molecule has 1 aliphatic heterocycles. The normalized spacial score (nSPS) is 21.1. The molecule has 1 N–H and O–H groups in total. The molecule has 1 aliphatic rings. The lowest BCUT2D eigenvalue weighted by Gasteiger charge is -2.24. The van der Waals surface area contributed by atoms with Gasteiger partial charge in [-0.25, -0.2) is 8.78 Å². The number of hydrogen-bond acceptors (Lipinski definition) is 4. The summed E-state index contributed by atoms with van der Waals surface area (Å²) in [4.78, 5) is 12.2. The van der Waals surface area contributed by atoms with Crippen LogP contribution in [0.15, 0.2) is 42.5 Å². The third-order valence-corrected chi connectivity index (χ3v) is 4.21. The minimum Gasteiger partial charge on any atom is -0.392 e. The molecule has 5 nitrogen and oxygen atoms in total. The summed E-state index contributed by atoms with van der Waals surface area (Å²) in [7, 11) is 0. The first-order valence-electron chi connectivity index (χ1n) is 7.54. The number of rotatable bonds is 4. The second-order valence-corrected chi connectivity index (χ2v) is 5.93. The van der Waals surface area contributed by atoms with Gasteiger partial charge in [-0.05, 0) is 30.2 Å². The summed E-state index contributed by atoms with van der Waals surface area (Å²) in [5.74, 6) is -1.07. The molecular formula is C17H16F2N2O3. The standard InChI is InChI=1S/C17H16F2N2O3/c18-12-4-5-16(19)15(7-12)17-8-14(22)10-20(17)9-11-2-1-3-13(6-11)21(23)24/h1-7,14,17,22H,8-10H2. The van der Waals surface area contributed by atoms with Crippen LogP contribution in [0, 0.1) is 21.7 Å². The first-order chi connectivity index (χ1) is 11.4. The number of benzene rings is 2. The van der Waals surface area contributed by atoms with Gasteiger partial charge in [0, 0.05) is 36.8 Å². The van der Waals surface area contributed by atoms with E-state index < -0.39 is 28.7 Å². The van der Waals surface area contributed by atoms with Gasteiger partial charge in [0.2, 0.25) is 0 Å². The Balaban J connectivity index is 1.87. The number of hydrogen-bond donors (Lipinski definition) is 1. The maximum absolute atomic E-state index is 14.1. The summed E-state index contributed by atoms with van der Waals surface area (Å²) in [5, 5.41) is 20.8. The maximum Gasteiger partial charge on any atom is 0.269 e. The SMILES string of the molecule is O=[N+]([O-])c1cccc(CN2CC(O)CC2c2cc(F)ccc2F)c1. The first kappa shape index (κ1) is 16.5. The molecule has 0 saturated carbocycles. The molecule has 2 atom stereocenters. The van der Waals surface area contributed by atoms with Gasteiger partial charge in [-0.3, -0.25) is 15.0 Å². The molecule has 1 saturated heterocycles. The van der Waals surface area contributed by atoms with Crippen molar-refractivity contribution in [3.63, 3.8) is 0 Å². The van der Waals surface area contributed by atoms with Gasteiger partial charge in [0.05, 0.1) is 11.0 Å². The van der Waals surface area contributed by atoms with E-state index in [1.165, 1.54) is 12.1 Å². The number of likely N-dealkylation sites (tertiary alicyclic amines) is 1. The van der Waals surface area contributed by atoms with E-state index in [0.717, 1.165) is 18.2 Å². The van der Waals surface area contributed by atoms with Crippen LogP contribution >= 0.6 is 0 Å². The van der Waals surface area contributed by atoms with E-state index in [4.69, 9.17) is 0 Å². The monoisotopic (exact) mass is 334 g/mol. The van der Waals surface area contributed by atoms with Crippen molar-refractivity contribution in [1.29, 1.82) is 0 Å². The van der Waals surface area contributed by atoms with Crippen molar-refractivity contribution in [2.45, 2.75) is 25.1 Å². The van der Waals surface area contributed by atoms with E-state index in [0.29, 0.717) is 18.7 Å². The predicted molar refractivity (Wildman–Crippen MR) is 83.2 cm³/mol. The molecule has 0 aliphatic carbocycles. The highest BCUT2D eigenvalue weighted by Gasteiger charge is 2.34. The fraction of sp³-hybridized carbons (Fsp3) is 0.294. The van der Waals surface area contributed by atoms with E-state index in [-0.39, 0.29) is 17.7 Å². The van der Waals surface area contributed by atoms with E-state index in [1.54, 1.807) is 12.1 Å². The van der Waals surface area contributed by atoms with Gasteiger partial charge in [0.1, 0.15) is 11.6 Å². The van der Waals surface area contributed by atoms with Gasteiger partial charge in [-0.15, -0.1) is 0 Å². The van der Waals surface area contributed by atoms with Gasteiger partial charge in [-0.2, -0.15) is 0 Å². The number of β-amino-alcohol motifs (C(OH)–C–C–N with tert-alkyl or cyclic N) is 1. The van der Waals surface area contributed by atoms with Crippen molar-refractivity contribution < 1.29 is 18.8 Å². The fourth-order valence-corrected chi connectivity index (χ4v) is 3.15. The van der Waals surface area contributed by atoms with Crippen molar-refractivity contribution in [3.05, 3.63) is 75.3 Å². The molecule has 24 heavy (non-hydrogen) atoms. The van der Waals surface area contributed by atoms with Crippen LogP contribution in [0.25, 0.3) is 0 Å². The Kier molecular flexibility index (Phi) is 4.55. The fourth-order valence-electron chi connectivity index (χ4n) is 3.15. The molecule has 2 aromatic rings. The highest BCUT2D eigenvalue weighted by atomic mass is 19.1. The zero-order valence-corrected chi connectivity index (χ0v) is 12.7. The van der Waals surface area contributed by atoms with Gasteiger partial charge in [-0.1, -0.05) is 12.1 Å². The highest BCUT2D eigenvalue weighted by molar-refractivity contribution is 5.34. The molecule has 1 heterocycles. The quantitative estimate of drug-likeness (QED) is 0.689. The van der Waals surface area contributed by atoms with Gasteiger partial charge >= 0.3 is 0 Å². The average Bonchev–Trinajstić information content (AvgIpc) is 2.90. The summed E-state index contributed by atoms with van der Waals surface area (Å²) < 4.78 is 27.5. The Hall–Kier alpha value is -2.38. The van der Waals surface area contributed by atoms with E-state index in [1.807, 2.05) is 4.90 Å². The van der Waals surface area contributed by atoms with Gasteiger partial charge in [0.15, 0.2) is 0 Å². The van der Waals surface area contributed by atoms with Gasteiger partial charge in [0.25, 0.3) is 5.69 Å². The molecule has 0 spiro atoms. The van der Waals surface area contributed by atoms with Crippen LogP contribution in [-0.4, -0.2) is 27.6 Å². The van der Waals surface area contributed by atoms with Crippen molar-refractivity contribution in [1.82, 2.24) is 4.90 Å². The summed E-state index contributed by atoms with van der Waals surface area (Å²) in [6.45, 7) is 0.600. The third-order valence-electron chi connectivity index (χ3n) is 4.21. The molecule has 3 rings (SSSR count). The first-order valence-corrected chi connectivity index (χ1v) is 7.54. The molecule has 2 aromatic carbocycles. The zero-order chi connectivity index (χ0) is 17.3. The molecule has 7 heteroatoms. The number of non-ortho nitro benzene ring substituents is 1. The number of nitro benzene ring substituents is 1. The lowest BCUT2D eigenvalue weighted by molar-refractivity contribution is -0.384. The van der Waals surface area contributed by atoms with Crippen LogP contribution in [-0.2, 0) is 6.54 Å². The molecule has 2 unspecified atom stereocenters. The van der Waals surface area contributed by atoms with Crippen molar-refractivity contribution >= 4 is 5.69 Å². The topological polar surface area (TPSA) is 66.6 Å². The maximum atomic E-state index is 14.1. The average molecular weight is 334 g/mol. The highest BCUT2D eigenvalue weighted by Crippen LogP contribution is 2.35. The number of halogens is 2. The van der Waals surface area contributed by atoms with Crippen LogP contribution in [0.3, 0.4) is 0 Å². The van der Waals surface area contributed by atoms with E-state index in [2.05, 4.69) is 0 Å². The second-order valence-electron chi connectivity index (χ2n) is 5.93. The molecule has 1 fully saturated rings. The largest absolute Gasteiger partial charge is 0.392 e. The van der Waals surface area contributed by atoms with Gasteiger partial charge < -0.3 is 5.11 Å². The Labute approximate surface area is 137 Å². The van der Waals surface area contributed by atoms with Crippen molar-refractivity contribution in [2.24, 2.45) is 0 Å². The Bertz CT molecular complexity index is 769. The second kappa shape index (κ2) is 6.62.